The normalized spacial score (nSPS) is 17.7. The molecular formula is C23H27FN2O3. The van der Waals surface area contributed by atoms with Gasteiger partial charge in [0, 0.05) is 44.9 Å². The van der Waals surface area contributed by atoms with Gasteiger partial charge in [-0.3, -0.25) is 9.59 Å². The Morgan fingerprint density at radius 3 is 2.41 bits per heavy atom. The monoisotopic (exact) mass is 398 g/mol. The average molecular weight is 398 g/mol. The van der Waals surface area contributed by atoms with E-state index in [2.05, 4.69) is 0 Å². The summed E-state index contributed by atoms with van der Waals surface area (Å²) in [4.78, 5) is 28.9. The number of carbonyl (C=O) groups is 2. The number of likely N-dealkylation sites (tertiary alicyclic amines) is 2. The molecule has 4 rings (SSSR count). The Kier molecular flexibility index (Phi) is 5.97. The Balaban J connectivity index is 1.25. The molecule has 0 N–H and O–H groups in total. The molecule has 0 aliphatic carbocycles. The highest BCUT2D eigenvalue weighted by Gasteiger charge is 2.31. The molecule has 0 saturated carbocycles. The van der Waals surface area contributed by atoms with E-state index in [4.69, 9.17) is 4.42 Å². The van der Waals surface area contributed by atoms with Gasteiger partial charge in [0.15, 0.2) is 0 Å². The predicted octanol–water partition coefficient (Wildman–Crippen LogP) is 3.88. The van der Waals surface area contributed by atoms with E-state index in [-0.39, 0.29) is 23.5 Å². The highest BCUT2D eigenvalue weighted by atomic mass is 19.1. The maximum Gasteiger partial charge on any atom is 0.225 e. The van der Waals surface area contributed by atoms with Gasteiger partial charge in [0.1, 0.15) is 17.3 Å². The van der Waals surface area contributed by atoms with Crippen LogP contribution in [0.15, 0.2) is 40.8 Å². The summed E-state index contributed by atoms with van der Waals surface area (Å²) in [6.07, 6.45) is 4.55. The molecule has 0 atom stereocenters. The van der Waals surface area contributed by atoms with Crippen molar-refractivity contribution in [2.75, 3.05) is 26.2 Å². The van der Waals surface area contributed by atoms with Crippen molar-refractivity contribution in [1.29, 1.82) is 0 Å². The van der Waals surface area contributed by atoms with Crippen molar-refractivity contribution in [2.24, 2.45) is 5.92 Å². The summed E-state index contributed by atoms with van der Waals surface area (Å²) < 4.78 is 19.6. The highest BCUT2D eigenvalue weighted by molar-refractivity contribution is 5.80. The number of benzene rings is 1. The summed E-state index contributed by atoms with van der Waals surface area (Å²) in [5, 5.41) is 0. The van der Waals surface area contributed by atoms with E-state index in [1.165, 1.54) is 6.07 Å². The first-order chi connectivity index (χ1) is 14.1. The molecule has 2 aromatic rings. The number of aryl methyl sites for hydroxylation is 1. The summed E-state index contributed by atoms with van der Waals surface area (Å²) in [7, 11) is 0. The SMILES string of the molecule is O=C(CCc1ccc(-c2ccccc2F)o1)N1CCC(C(=O)N2CCCC2)CC1. The van der Waals surface area contributed by atoms with Crippen LogP contribution in [0.4, 0.5) is 4.39 Å². The smallest absolute Gasteiger partial charge is 0.225 e. The Labute approximate surface area is 170 Å². The fourth-order valence-electron chi connectivity index (χ4n) is 4.28. The van der Waals surface area contributed by atoms with Crippen LogP contribution < -0.4 is 0 Å². The van der Waals surface area contributed by atoms with E-state index in [0.717, 1.165) is 38.8 Å². The van der Waals surface area contributed by atoms with Crippen LogP contribution in [0.25, 0.3) is 11.3 Å². The van der Waals surface area contributed by atoms with Crippen molar-refractivity contribution < 1.29 is 18.4 Å². The number of furan rings is 1. The minimum absolute atomic E-state index is 0.0607. The van der Waals surface area contributed by atoms with E-state index >= 15 is 0 Å². The summed E-state index contributed by atoms with van der Waals surface area (Å²) >= 11 is 0. The van der Waals surface area contributed by atoms with E-state index in [1.807, 2.05) is 9.80 Å². The van der Waals surface area contributed by atoms with E-state index in [9.17, 15) is 14.0 Å². The number of halogens is 1. The number of rotatable bonds is 5. The third kappa shape index (κ3) is 4.52. The molecule has 0 radical (unpaired) electrons. The second-order valence-corrected chi connectivity index (χ2v) is 7.93. The molecule has 0 bridgehead atoms. The molecule has 0 spiro atoms. The number of amides is 2. The van der Waals surface area contributed by atoms with Crippen molar-refractivity contribution in [3.05, 3.63) is 48.0 Å². The molecule has 154 valence electrons. The van der Waals surface area contributed by atoms with Gasteiger partial charge in [-0.05, 0) is 49.9 Å². The molecule has 29 heavy (non-hydrogen) atoms. The molecule has 1 aromatic heterocycles. The predicted molar refractivity (Wildman–Crippen MR) is 108 cm³/mol. The molecule has 3 heterocycles. The third-order valence-corrected chi connectivity index (χ3v) is 6.00. The van der Waals surface area contributed by atoms with Gasteiger partial charge in [-0.25, -0.2) is 4.39 Å². The molecule has 0 unspecified atom stereocenters. The maximum absolute atomic E-state index is 13.9. The van der Waals surface area contributed by atoms with Gasteiger partial charge in [-0.2, -0.15) is 0 Å². The lowest BCUT2D eigenvalue weighted by Gasteiger charge is -2.33. The van der Waals surface area contributed by atoms with Gasteiger partial charge in [0.05, 0.1) is 5.56 Å². The summed E-state index contributed by atoms with van der Waals surface area (Å²) in [6, 6.07) is 10.0. The Hall–Kier alpha value is -2.63. The third-order valence-electron chi connectivity index (χ3n) is 6.00. The number of hydrogen-bond donors (Lipinski definition) is 0. The van der Waals surface area contributed by atoms with Crippen LogP contribution in [0.2, 0.25) is 0 Å². The summed E-state index contributed by atoms with van der Waals surface area (Å²) in [5.74, 6) is 1.25. The number of nitrogens with zero attached hydrogens (tertiary/aromatic N) is 2. The standard InChI is InChI=1S/C23H27FN2O3/c24-20-6-2-1-5-19(20)21-9-7-18(29-21)8-10-22(27)25-15-11-17(12-16-25)23(28)26-13-3-4-14-26/h1-2,5-7,9,17H,3-4,8,10-16H2. The summed E-state index contributed by atoms with van der Waals surface area (Å²) in [5.41, 5.74) is 0.426. The second kappa shape index (κ2) is 8.80. The minimum Gasteiger partial charge on any atom is -0.461 e. The topological polar surface area (TPSA) is 53.8 Å². The molecule has 2 amide bonds. The van der Waals surface area contributed by atoms with Crippen LogP contribution in [-0.2, 0) is 16.0 Å². The van der Waals surface area contributed by atoms with Gasteiger partial charge in [0.25, 0.3) is 0 Å². The molecule has 2 aliphatic heterocycles. The lowest BCUT2D eigenvalue weighted by molar-refractivity contribution is -0.140. The Morgan fingerprint density at radius 2 is 1.69 bits per heavy atom. The molecule has 2 saturated heterocycles. The van der Waals surface area contributed by atoms with Gasteiger partial charge < -0.3 is 14.2 Å². The van der Waals surface area contributed by atoms with Crippen molar-refractivity contribution in [3.63, 3.8) is 0 Å². The lowest BCUT2D eigenvalue weighted by atomic mass is 9.95. The van der Waals surface area contributed by atoms with E-state index in [1.54, 1.807) is 30.3 Å². The number of carbonyl (C=O) groups excluding carboxylic acids is 2. The maximum atomic E-state index is 13.9. The molecule has 6 heteroatoms. The van der Waals surface area contributed by atoms with Gasteiger partial charge >= 0.3 is 0 Å². The summed E-state index contributed by atoms with van der Waals surface area (Å²) in [6.45, 7) is 3.05. The zero-order chi connectivity index (χ0) is 20.2. The molecular weight excluding hydrogens is 371 g/mol. The van der Waals surface area contributed by atoms with Crippen LogP contribution >= 0.6 is 0 Å². The van der Waals surface area contributed by atoms with Crippen molar-refractivity contribution in [1.82, 2.24) is 9.80 Å². The highest BCUT2D eigenvalue weighted by Crippen LogP contribution is 2.26. The van der Waals surface area contributed by atoms with E-state index in [0.29, 0.717) is 43.0 Å². The van der Waals surface area contributed by atoms with Crippen LogP contribution in [0.3, 0.4) is 0 Å². The van der Waals surface area contributed by atoms with Crippen molar-refractivity contribution in [3.8, 4) is 11.3 Å². The van der Waals surface area contributed by atoms with Gasteiger partial charge in [0.2, 0.25) is 11.8 Å². The number of hydrogen-bond acceptors (Lipinski definition) is 3. The zero-order valence-electron chi connectivity index (χ0n) is 16.6. The quantitative estimate of drug-likeness (QED) is 0.768. The first-order valence-corrected chi connectivity index (χ1v) is 10.5. The van der Waals surface area contributed by atoms with Crippen LogP contribution in [0.1, 0.15) is 37.9 Å². The van der Waals surface area contributed by atoms with Crippen LogP contribution in [0, 0.1) is 11.7 Å². The zero-order valence-corrected chi connectivity index (χ0v) is 16.6. The largest absolute Gasteiger partial charge is 0.461 e. The molecule has 1 aromatic carbocycles. The fraction of sp³-hybridized carbons (Fsp3) is 0.478. The fourth-order valence-corrected chi connectivity index (χ4v) is 4.28. The molecule has 5 nitrogen and oxygen atoms in total. The first kappa shape index (κ1) is 19.7. The first-order valence-electron chi connectivity index (χ1n) is 10.5. The van der Waals surface area contributed by atoms with Crippen molar-refractivity contribution >= 4 is 11.8 Å². The average Bonchev–Trinajstić information content (AvgIpc) is 3.44. The molecule has 2 fully saturated rings. The van der Waals surface area contributed by atoms with Crippen LogP contribution in [0.5, 0.6) is 0 Å². The lowest BCUT2D eigenvalue weighted by Crippen LogP contribution is -2.43. The van der Waals surface area contributed by atoms with Gasteiger partial charge in [-0.1, -0.05) is 12.1 Å². The van der Waals surface area contributed by atoms with Crippen molar-refractivity contribution in [2.45, 2.75) is 38.5 Å². The Morgan fingerprint density at radius 1 is 0.966 bits per heavy atom. The Bertz CT molecular complexity index is 865. The van der Waals surface area contributed by atoms with Gasteiger partial charge in [-0.15, -0.1) is 0 Å². The minimum atomic E-state index is -0.323. The van der Waals surface area contributed by atoms with Crippen LogP contribution in [-0.4, -0.2) is 47.8 Å². The second-order valence-electron chi connectivity index (χ2n) is 7.93. The number of piperidine rings is 1. The molecule has 2 aliphatic rings. The van der Waals surface area contributed by atoms with E-state index < -0.39 is 0 Å².